The number of carbonyl (C=O) groups is 1. The molecule has 1 N–H and O–H groups in total. The standard InChI is InChI=1S/C23H28N4O3.CH4/c1-29-14-11-24-23(28)26-12-6-8-18(16-26)22-25-21(20-10-3-4-13-27(20)22)17-7-5-9-19(15-17)30-2;/h3-5,7,9-10,13,15,18H,6,8,11-12,14,16H2,1-2H3,(H,24,28);1H4. The van der Waals surface area contributed by atoms with Crippen LogP contribution in [0.4, 0.5) is 4.79 Å². The van der Waals surface area contributed by atoms with Crippen molar-refractivity contribution in [3.8, 4) is 17.0 Å². The van der Waals surface area contributed by atoms with Crippen molar-refractivity contribution in [2.45, 2.75) is 26.2 Å². The van der Waals surface area contributed by atoms with E-state index < -0.39 is 0 Å². The van der Waals surface area contributed by atoms with Crippen molar-refractivity contribution in [1.82, 2.24) is 19.6 Å². The van der Waals surface area contributed by atoms with Crippen LogP contribution in [0.15, 0.2) is 48.7 Å². The largest absolute Gasteiger partial charge is 0.497 e. The lowest BCUT2D eigenvalue weighted by Gasteiger charge is -2.32. The zero-order valence-electron chi connectivity index (χ0n) is 17.5. The maximum Gasteiger partial charge on any atom is 0.317 e. The third-order valence-corrected chi connectivity index (χ3v) is 5.58. The molecule has 7 heteroatoms. The molecule has 31 heavy (non-hydrogen) atoms. The van der Waals surface area contributed by atoms with Crippen LogP contribution in [0.5, 0.6) is 5.75 Å². The molecular weight excluding hydrogens is 392 g/mol. The van der Waals surface area contributed by atoms with Gasteiger partial charge >= 0.3 is 6.03 Å². The van der Waals surface area contributed by atoms with Crippen LogP contribution in [0.1, 0.15) is 32.0 Å². The number of aromatic nitrogens is 2. The summed E-state index contributed by atoms with van der Waals surface area (Å²) in [5, 5.41) is 2.93. The predicted molar refractivity (Wildman–Crippen MR) is 123 cm³/mol. The van der Waals surface area contributed by atoms with Gasteiger partial charge in [0.15, 0.2) is 0 Å². The van der Waals surface area contributed by atoms with Gasteiger partial charge in [0.1, 0.15) is 11.6 Å². The lowest BCUT2D eigenvalue weighted by molar-refractivity contribution is 0.167. The van der Waals surface area contributed by atoms with E-state index in [1.807, 2.05) is 35.2 Å². The Morgan fingerprint density at radius 2 is 2.10 bits per heavy atom. The third-order valence-electron chi connectivity index (χ3n) is 5.58. The number of methoxy groups -OCH3 is 2. The first-order valence-electron chi connectivity index (χ1n) is 10.3. The number of urea groups is 1. The third kappa shape index (κ3) is 4.82. The average Bonchev–Trinajstić information content (AvgIpc) is 3.19. The number of pyridine rings is 1. The Morgan fingerprint density at radius 1 is 1.23 bits per heavy atom. The summed E-state index contributed by atoms with van der Waals surface area (Å²) >= 11 is 0. The number of benzene rings is 1. The molecule has 0 saturated carbocycles. The molecule has 166 valence electrons. The number of imidazole rings is 1. The fourth-order valence-corrected chi connectivity index (χ4v) is 4.08. The minimum Gasteiger partial charge on any atom is -0.497 e. The van der Waals surface area contributed by atoms with Crippen LogP contribution in [0.25, 0.3) is 16.8 Å². The van der Waals surface area contributed by atoms with Crippen LogP contribution >= 0.6 is 0 Å². The van der Waals surface area contributed by atoms with Gasteiger partial charge in [0.2, 0.25) is 0 Å². The van der Waals surface area contributed by atoms with Gasteiger partial charge in [0.25, 0.3) is 0 Å². The van der Waals surface area contributed by atoms with E-state index in [1.54, 1.807) is 14.2 Å². The molecule has 2 aromatic heterocycles. The molecule has 1 aliphatic rings. The Hall–Kier alpha value is -3.06. The van der Waals surface area contributed by atoms with Crippen molar-refractivity contribution >= 4 is 11.5 Å². The first-order valence-corrected chi connectivity index (χ1v) is 10.3. The Balaban J connectivity index is 0.00000272. The molecule has 3 heterocycles. The first-order chi connectivity index (χ1) is 14.7. The van der Waals surface area contributed by atoms with Gasteiger partial charge in [-0.05, 0) is 37.1 Å². The van der Waals surface area contributed by atoms with Gasteiger partial charge in [-0.15, -0.1) is 0 Å². The van der Waals surface area contributed by atoms with Crippen molar-refractivity contribution in [1.29, 1.82) is 0 Å². The van der Waals surface area contributed by atoms with Gasteiger partial charge < -0.3 is 24.1 Å². The molecule has 2 amide bonds. The van der Waals surface area contributed by atoms with Gasteiger partial charge in [-0.25, -0.2) is 9.78 Å². The number of likely N-dealkylation sites (tertiary alicyclic amines) is 1. The maximum atomic E-state index is 12.5. The number of nitrogens with zero attached hydrogens (tertiary/aromatic N) is 3. The molecule has 1 aromatic carbocycles. The first kappa shape index (κ1) is 22.6. The molecular formula is C24H32N4O3. The van der Waals surface area contributed by atoms with Crippen molar-refractivity contribution in [2.24, 2.45) is 0 Å². The lowest BCUT2D eigenvalue weighted by Crippen LogP contribution is -2.46. The Labute approximate surface area is 184 Å². The van der Waals surface area contributed by atoms with Crippen molar-refractivity contribution in [3.63, 3.8) is 0 Å². The van der Waals surface area contributed by atoms with Crippen LogP contribution in [0, 0.1) is 0 Å². The van der Waals surface area contributed by atoms with Gasteiger partial charge in [-0.2, -0.15) is 0 Å². The van der Waals surface area contributed by atoms with E-state index in [0.29, 0.717) is 19.7 Å². The van der Waals surface area contributed by atoms with E-state index in [0.717, 1.165) is 47.7 Å². The summed E-state index contributed by atoms with van der Waals surface area (Å²) in [6.07, 6.45) is 4.02. The van der Waals surface area contributed by atoms with Crippen LogP contribution < -0.4 is 10.1 Å². The molecule has 1 fully saturated rings. The number of ether oxygens (including phenoxy) is 2. The molecule has 1 unspecified atom stereocenters. The topological polar surface area (TPSA) is 68.1 Å². The summed E-state index contributed by atoms with van der Waals surface area (Å²) in [6.45, 7) is 2.45. The quantitative estimate of drug-likeness (QED) is 0.603. The molecule has 4 rings (SSSR count). The van der Waals surface area contributed by atoms with Gasteiger partial charge in [-0.3, -0.25) is 0 Å². The highest BCUT2D eigenvalue weighted by Gasteiger charge is 2.28. The van der Waals surface area contributed by atoms with E-state index >= 15 is 0 Å². The number of nitrogens with one attached hydrogen (secondary N) is 1. The second-order valence-corrected chi connectivity index (χ2v) is 7.52. The van der Waals surface area contributed by atoms with E-state index in [9.17, 15) is 4.79 Å². The van der Waals surface area contributed by atoms with Crippen molar-refractivity contribution in [2.75, 3.05) is 40.5 Å². The summed E-state index contributed by atoms with van der Waals surface area (Å²) in [6, 6.07) is 14.1. The van der Waals surface area contributed by atoms with Crippen molar-refractivity contribution in [3.05, 3.63) is 54.5 Å². The average molecular weight is 425 g/mol. The zero-order chi connectivity index (χ0) is 20.9. The SMILES string of the molecule is C.COCCNC(=O)N1CCCC(c2nc(-c3cccc(OC)c3)c3ccccn23)C1. The monoisotopic (exact) mass is 424 g/mol. The lowest BCUT2D eigenvalue weighted by atomic mass is 9.97. The number of piperidine rings is 1. The van der Waals surface area contributed by atoms with E-state index in [-0.39, 0.29) is 19.4 Å². The summed E-state index contributed by atoms with van der Waals surface area (Å²) in [5.74, 6) is 1.99. The minimum absolute atomic E-state index is 0. The summed E-state index contributed by atoms with van der Waals surface area (Å²) in [4.78, 5) is 19.5. The maximum absolute atomic E-state index is 12.5. The Bertz CT molecular complexity index is 1020. The fraction of sp³-hybridized carbons (Fsp3) is 0.417. The highest BCUT2D eigenvalue weighted by molar-refractivity contribution is 5.78. The van der Waals surface area contributed by atoms with Crippen molar-refractivity contribution < 1.29 is 14.3 Å². The number of carbonyl (C=O) groups excluding carboxylic acids is 1. The molecule has 1 atom stereocenters. The Kier molecular flexibility index (Phi) is 7.52. The normalized spacial score (nSPS) is 16.1. The van der Waals surface area contributed by atoms with Gasteiger partial charge in [0.05, 0.1) is 24.9 Å². The van der Waals surface area contributed by atoms with Gasteiger partial charge in [-0.1, -0.05) is 25.6 Å². The number of hydrogen-bond donors (Lipinski definition) is 1. The smallest absolute Gasteiger partial charge is 0.317 e. The molecule has 0 aliphatic carbocycles. The van der Waals surface area contributed by atoms with Crippen LogP contribution in [-0.4, -0.2) is 60.8 Å². The van der Waals surface area contributed by atoms with Crippen LogP contribution in [0.2, 0.25) is 0 Å². The van der Waals surface area contributed by atoms with E-state index in [2.05, 4.69) is 28.0 Å². The van der Waals surface area contributed by atoms with E-state index in [1.165, 1.54) is 0 Å². The highest BCUT2D eigenvalue weighted by atomic mass is 16.5. The summed E-state index contributed by atoms with van der Waals surface area (Å²) in [5.41, 5.74) is 3.02. The molecule has 1 saturated heterocycles. The minimum atomic E-state index is -0.0365. The number of rotatable bonds is 6. The predicted octanol–water partition coefficient (Wildman–Crippen LogP) is 4.18. The molecule has 7 nitrogen and oxygen atoms in total. The van der Waals surface area contributed by atoms with E-state index in [4.69, 9.17) is 14.5 Å². The number of fused-ring (bicyclic) bond motifs is 1. The second-order valence-electron chi connectivity index (χ2n) is 7.52. The Morgan fingerprint density at radius 3 is 2.90 bits per heavy atom. The fourth-order valence-electron chi connectivity index (χ4n) is 4.08. The number of amides is 2. The van der Waals surface area contributed by atoms with Crippen LogP contribution in [0.3, 0.4) is 0 Å². The molecule has 0 bridgehead atoms. The summed E-state index contributed by atoms with van der Waals surface area (Å²) < 4.78 is 12.6. The molecule has 0 spiro atoms. The zero-order valence-corrected chi connectivity index (χ0v) is 17.5. The highest BCUT2D eigenvalue weighted by Crippen LogP contribution is 2.33. The molecule has 0 radical (unpaired) electrons. The molecule has 3 aromatic rings. The second kappa shape index (κ2) is 10.3. The number of hydrogen-bond acceptors (Lipinski definition) is 4. The van der Waals surface area contributed by atoms with Gasteiger partial charge in [0, 0.05) is 44.4 Å². The molecule has 1 aliphatic heterocycles. The van der Waals surface area contributed by atoms with Crippen LogP contribution in [-0.2, 0) is 4.74 Å². The summed E-state index contributed by atoms with van der Waals surface area (Å²) in [7, 11) is 3.30.